The average molecular weight is 497 g/mol. The number of carbonyl (C=O) groups is 3. The zero-order valence-electron chi connectivity index (χ0n) is 19.1. The molecule has 0 aromatic heterocycles. The average Bonchev–Trinajstić information content (AvgIpc) is 3.07. The van der Waals surface area contributed by atoms with Gasteiger partial charge in [-0.1, -0.05) is 0 Å². The van der Waals surface area contributed by atoms with Crippen molar-refractivity contribution in [2.75, 3.05) is 28.4 Å². The highest BCUT2D eigenvalue weighted by atomic mass is 19.4. The van der Waals surface area contributed by atoms with Gasteiger partial charge < -0.3 is 24.3 Å². The maximum absolute atomic E-state index is 14.2. The van der Waals surface area contributed by atoms with Gasteiger partial charge in [0.2, 0.25) is 0 Å². The molecule has 1 atom stereocenters. The van der Waals surface area contributed by atoms with Crippen LogP contribution in [-0.2, 0) is 11.3 Å². The highest BCUT2D eigenvalue weighted by Gasteiger charge is 2.68. The monoisotopic (exact) mass is 497 g/mol. The summed E-state index contributed by atoms with van der Waals surface area (Å²) in [6.45, 7) is -0.539. The molecule has 1 saturated heterocycles. The number of urea groups is 1. The molecule has 2 aromatic rings. The van der Waals surface area contributed by atoms with Crippen LogP contribution in [0.5, 0.6) is 23.0 Å². The van der Waals surface area contributed by atoms with Crippen molar-refractivity contribution >= 4 is 17.8 Å². The lowest BCUT2D eigenvalue weighted by Gasteiger charge is -2.30. The van der Waals surface area contributed by atoms with Crippen LogP contribution in [0.4, 0.5) is 18.0 Å². The SMILES string of the molecule is COc1cc(CN2C(=O)N[C@](NC(=O)c3ccc(OC)c(OC)c3)(C(F)(F)F)C2=O)cc(OC)c1. The fourth-order valence-corrected chi connectivity index (χ4v) is 3.43. The Morgan fingerprint density at radius 3 is 2.06 bits per heavy atom. The molecule has 1 heterocycles. The third-order valence-corrected chi connectivity index (χ3v) is 5.23. The molecule has 0 saturated carbocycles. The molecule has 0 aliphatic carbocycles. The van der Waals surface area contributed by atoms with E-state index in [1.807, 2.05) is 0 Å². The first-order valence-electron chi connectivity index (χ1n) is 9.97. The Labute approximate surface area is 197 Å². The Bertz CT molecular complexity index is 1130. The zero-order chi connectivity index (χ0) is 26.0. The van der Waals surface area contributed by atoms with Crippen LogP contribution in [0, 0.1) is 0 Å². The summed E-state index contributed by atoms with van der Waals surface area (Å²) in [5.74, 6) is -2.06. The second-order valence-corrected chi connectivity index (χ2v) is 7.31. The lowest BCUT2D eigenvalue weighted by atomic mass is 10.1. The van der Waals surface area contributed by atoms with Gasteiger partial charge in [0.15, 0.2) is 11.5 Å². The molecular formula is C22H22F3N3O7. The number of alkyl halides is 3. The summed E-state index contributed by atoms with van der Waals surface area (Å²) < 4.78 is 62.8. The van der Waals surface area contributed by atoms with Gasteiger partial charge in [-0.3, -0.25) is 19.8 Å². The van der Waals surface area contributed by atoms with Gasteiger partial charge in [-0.2, -0.15) is 13.2 Å². The molecule has 10 nitrogen and oxygen atoms in total. The second kappa shape index (κ2) is 9.60. The third kappa shape index (κ3) is 4.74. The van der Waals surface area contributed by atoms with Gasteiger partial charge in [0.1, 0.15) is 11.5 Å². The van der Waals surface area contributed by atoms with E-state index in [9.17, 15) is 27.6 Å². The number of amides is 4. The van der Waals surface area contributed by atoms with E-state index in [2.05, 4.69) is 0 Å². The smallest absolute Gasteiger partial charge is 0.440 e. The van der Waals surface area contributed by atoms with E-state index >= 15 is 0 Å². The summed E-state index contributed by atoms with van der Waals surface area (Å²) in [6, 6.07) is 6.66. The number of methoxy groups -OCH3 is 4. The number of benzene rings is 2. The van der Waals surface area contributed by atoms with Gasteiger partial charge in [-0.15, -0.1) is 0 Å². The number of nitrogens with one attached hydrogen (secondary N) is 2. The highest BCUT2D eigenvalue weighted by molar-refractivity contribution is 6.10. The van der Waals surface area contributed by atoms with Crippen LogP contribution in [-0.4, -0.2) is 63.0 Å². The first-order chi connectivity index (χ1) is 16.5. The van der Waals surface area contributed by atoms with Crippen LogP contribution in [0.1, 0.15) is 15.9 Å². The predicted octanol–water partition coefficient (Wildman–Crippen LogP) is 2.46. The molecule has 2 N–H and O–H groups in total. The molecule has 0 spiro atoms. The molecule has 188 valence electrons. The fourth-order valence-electron chi connectivity index (χ4n) is 3.43. The molecule has 1 aliphatic heterocycles. The number of imide groups is 1. The van der Waals surface area contributed by atoms with E-state index in [0.717, 1.165) is 6.07 Å². The highest BCUT2D eigenvalue weighted by Crippen LogP contribution is 2.36. The number of hydrogen-bond donors (Lipinski definition) is 2. The molecule has 1 aliphatic rings. The van der Waals surface area contributed by atoms with Crippen LogP contribution in [0.3, 0.4) is 0 Å². The molecule has 35 heavy (non-hydrogen) atoms. The minimum atomic E-state index is -5.37. The summed E-state index contributed by atoms with van der Waals surface area (Å²) in [6.07, 6.45) is -5.37. The normalized spacial score (nSPS) is 17.6. The minimum absolute atomic E-state index is 0.0802. The Kier molecular flexibility index (Phi) is 6.99. The standard InChI is InChI=1S/C22H22F3N3O7/c1-32-14-7-12(8-15(10-14)33-2)11-28-19(30)21(22(23,24)25,27-20(28)31)26-18(29)13-5-6-16(34-3)17(9-13)35-4/h5-10H,11H2,1-4H3,(H,26,29)(H,27,31)/t21-/m0/s1. The van der Waals surface area contributed by atoms with Gasteiger partial charge in [0, 0.05) is 11.6 Å². The molecule has 4 amide bonds. The summed E-state index contributed by atoms with van der Waals surface area (Å²) in [7, 11) is 5.35. The third-order valence-electron chi connectivity index (χ3n) is 5.23. The zero-order valence-corrected chi connectivity index (χ0v) is 19.1. The first-order valence-corrected chi connectivity index (χ1v) is 9.97. The quantitative estimate of drug-likeness (QED) is 0.539. The van der Waals surface area contributed by atoms with Crippen molar-refractivity contribution in [1.82, 2.24) is 15.5 Å². The van der Waals surface area contributed by atoms with Gasteiger partial charge in [-0.05, 0) is 35.9 Å². The van der Waals surface area contributed by atoms with E-state index in [1.165, 1.54) is 58.8 Å². The van der Waals surface area contributed by atoms with Gasteiger partial charge >= 0.3 is 12.2 Å². The van der Waals surface area contributed by atoms with Crippen molar-refractivity contribution < 1.29 is 46.5 Å². The summed E-state index contributed by atoms with van der Waals surface area (Å²) in [5.41, 5.74) is -3.68. The maximum Gasteiger partial charge on any atom is 0.440 e. The van der Waals surface area contributed by atoms with Crippen molar-refractivity contribution in [3.05, 3.63) is 47.5 Å². The summed E-state index contributed by atoms with van der Waals surface area (Å²) in [5, 5.41) is 3.24. The molecule has 2 aromatic carbocycles. The number of nitrogens with zero attached hydrogens (tertiary/aromatic N) is 1. The largest absolute Gasteiger partial charge is 0.497 e. The fraction of sp³-hybridized carbons (Fsp3) is 0.318. The predicted molar refractivity (Wildman–Crippen MR) is 114 cm³/mol. The van der Waals surface area contributed by atoms with E-state index in [1.54, 1.807) is 10.6 Å². The first kappa shape index (κ1) is 25.5. The summed E-state index contributed by atoms with van der Waals surface area (Å²) in [4.78, 5) is 38.6. The second-order valence-electron chi connectivity index (χ2n) is 7.31. The van der Waals surface area contributed by atoms with Crippen LogP contribution in [0.2, 0.25) is 0 Å². The number of ether oxygens (including phenoxy) is 4. The van der Waals surface area contributed by atoms with E-state index in [-0.39, 0.29) is 22.6 Å². The van der Waals surface area contributed by atoms with Gasteiger partial charge in [-0.25, -0.2) is 4.79 Å². The molecule has 0 unspecified atom stereocenters. The van der Waals surface area contributed by atoms with Crippen molar-refractivity contribution in [3.63, 3.8) is 0 Å². The van der Waals surface area contributed by atoms with Crippen LogP contribution >= 0.6 is 0 Å². The Balaban J connectivity index is 1.94. The van der Waals surface area contributed by atoms with Crippen LogP contribution in [0.25, 0.3) is 0 Å². The Hall–Kier alpha value is -4.16. The molecular weight excluding hydrogens is 475 g/mol. The topological polar surface area (TPSA) is 115 Å². The molecule has 0 radical (unpaired) electrons. The van der Waals surface area contributed by atoms with Crippen molar-refractivity contribution in [2.45, 2.75) is 18.4 Å². The molecule has 0 bridgehead atoms. The van der Waals surface area contributed by atoms with E-state index < -0.39 is 36.2 Å². The maximum atomic E-state index is 14.2. The number of hydrogen-bond acceptors (Lipinski definition) is 7. The molecule has 13 heteroatoms. The molecule has 1 fully saturated rings. The van der Waals surface area contributed by atoms with E-state index in [0.29, 0.717) is 16.4 Å². The van der Waals surface area contributed by atoms with Crippen LogP contribution in [0.15, 0.2) is 36.4 Å². The number of halogens is 3. The van der Waals surface area contributed by atoms with Gasteiger partial charge in [0.05, 0.1) is 35.0 Å². The van der Waals surface area contributed by atoms with Crippen LogP contribution < -0.4 is 29.6 Å². The Morgan fingerprint density at radius 1 is 0.943 bits per heavy atom. The van der Waals surface area contributed by atoms with E-state index in [4.69, 9.17) is 18.9 Å². The van der Waals surface area contributed by atoms with Crippen molar-refractivity contribution in [2.24, 2.45) is 0 Å². The summed E-state index contributed by atoms with van der Waals surface area (Å²) >= 11 is 0. The van der Waals surface area contributed by atoms with Gasteiger partial charge in [0.25, 0.3) is 17.5 Å². The number of rotatable bonds is 8. The van der Waals surface area contributed by atoms with Crippen molar-refractivity contribution in [3.8, 4) is 23.0 Å². The lowest BCUT2D eigenvalue weighted by Crippen LogP contribution is -2.69. The van der Waals surface area contributed by atoms with Crippen molar-refractivity contribution in [1.29, 1.82) is 0 Å². The lowest BCUT2D eigenvalue weighted by molar-refractivity contribution is -0.200. The molecule has 3 rings (SSSR count). The Morgan fingerprint density at radius 2 is 1.54 bits per heavy atom. The number of carbonyl (C=O) groups excluding carboxylic acids is 3. The minimum Gasteiger partial charge on any atom is -0.497 e.